The smallest absolute Gasteiger partial charge is 0.194 e. The van der Waals surface area contributed by atoms with Crippen molar-refractivity contribution >= 4 is 5.96 Å². The van der Waals surface area contributed by atoms with E-state index in [1.807, 2.05) is 12.1 Å². The summed E-state index contributed by atoms with van der Waals surface area (Å²) in [5.74, 6) is 2.61. The predicted molar refractivity (Wildman–Crippen MR) is 108 cm³/mol. The molecule has 27 heavy (non-hydrogen) atoms. The molecule has 150 valence electrons. The van der Waals surface area contributed by atoms with Crippen molar-refractivity contribution in [3.8, 4) is 11.5 Å². The number of piperidine rings is 1. The highest BCUT2D eigenvalue weighted by Gasteiger charge is 2.21. The van der Waals surface area contributed by atoms with Gasteiger partial charge in [-0.3, -0.25) is 0 Å². The van der Waals surface area contributed by atoms with Crippen LogP contribution in [0, 0.1) is 0 Å². The van der Waals surface area contributed by atoms with E-state index in [1.54, 1.807) is 7.11 Å². The first-order chi connectivity index (χ1) is 13.2. The van der Waals surface area contributed by atoms with E-state index in [-0.39, 0.29) is 6.10 Å². The maximum absolute atomic E-state index is 9.75. The Morgan fingerprint density at radius 2 is 1.96 bits per heavy atom. The average molecular weight is 376 g/mol. The highest BCUT2D eigenvalue weighted by Crippen LogP contribution is 2.30. The summed E-state index contributed by atoms with van der Waals surface area (Å²) in [7, 11) is 1.68. The summed E-state index contributed by atoms with van der Waals surface area (Å²) >= 11 is 0. The number of nitrogens with zero attached hydrogens (tertiary/aromatic N) is 2. The van der Waals surface area contributed by atoms with Gasteiger partial charge in [0.25, 0.3) is 0 Å². The van der Waals surface area contributed by atoms with Crippen molar-refractivity contribution in [1.82, 2.24) is 10.2 Å². The zero-order valence-electron chi connectivity index (χ0n) is 16.6. The van der Waals surface area contributed by atoms with Gasteiger partial charge in [0.05, 0.1) is 25.9 Å². The number of aliphatic hydroxyl groups is 1. The number of nitrogens with one attached hydrogen (secondary N) is 1. The first-order valence-corrected chi connectivity index (χ1v) is 10.2. The lowest BCUT2D eigenvalue weighted by molar-refractivity contribution is 0.108. The summed E-state index contributed by atoms with van der Waals surface area (Å²) in [6.45, 7) is 5.14. The lowest BCUT2D eigenvalue weighted by Crippen LogP contribution is -2.46. The molecule has 1 saturated carbocycles. The van der Waals surface area contributed by atoms with Gasteiger partial charge in [0.2, 0.25) is 0 Å². The van der Waals surface area contributed by atoms with Crippen molar-refractivity contribution in [2.24, 2.45) is 4.99 Å². The monoisotopic (exact) mass is 375 g/mol. The topological polar surface area (TPSA) is 66.3 Å². The second-order valence-corrected chi connectivity index (χ2v) is 7.39. The van der Waals surface area contributed by atoms with Crippen LogP contribution in [0.15, 0.2) is 23.2 Å². The Labute approximate surface area is 162 Å². The summed E-state index contributed by atoms with van der Waals surface area (Å²) in [4.78, 5) is 7.09. The standard InChI is InChI=1S/C21H33N3O3/c1-3-22-21(24-12-10-17(25)11-13-24)23-15-16-8-9-19(26-2)14-20(16)27-18-6-4-5-7-18/h8-9,14,17-18,25H,3-7,10-13,15H2,1-2H3,(H,22,23). The molecular weight excluding hydrogens is 342 g/mol. The zero-order valence-corrected chi connectivity index (χ0v) is 16.6. The van der Waals surface area contributed by atoms with E-state index >= 15 is 0 Å². The van der Waals surface area contributed by atoms with E-state index in [0.29, 0.717) is 12.6 Å². The molecule has 0 bridgehead atoms. The first kappa shape index (κ1) is 19.8. The van der Waals surface area contributed by atoms with Crippen molar-refractivity contribution in [2.75, 3.05) is 26.7 Å². The third-order valence-electron chi connectivity index (χ3n) is 5.37. The average Bonchev–Trinajstić information content (AvgIpc) is 3.19. The number of ether oxygens (including phenoxy) is 2. The molecule has 0 atom stereocenters. The Morgan fingerprint density at radius 3 is 2.63 bits per heavy atom. The Hall–Kier alpha value is -1.95. The van der Waals surface area contributed by atoms with Crippen molar-refractivity contribution in [1.29, 1.82) is 0 Å². The highest BCUT2D eigenvalue weighted by molar-refractivity contribution is 5.80. The molecular formula is C21H33N3O3. The Morgan fingerprint density at radius 1 is 1.22 bits per heavy atom. The van der Waals surface area contributed by atoms with Crippen LogP contribution in [0.5, 0.6) is 11.5 Å². The number of guanidine groups is 1. The van der Waals surface area contributed by atoms with Crippen LogP contribution in [0.4, 0.5) is 0 Å². The van der Waals surface area contributed by atoms with Crippen LogP contribution in [0.3, 0.4) is 0 Å². The predicted octanol–water partition coefficient (Wildman–Crippen LogP) is 2.94. The van der Waals surface area contributed by atoms with E-state index in [0.717, 1.165) is 68.3 Å². The van der Waals surface area contributed by atoms with Crippen LogP contribution in [0.2, 0.25) is 0 Å². The molecule has 0 amide bonds. The molecule has 2 fully saturated rings. The number of likely N-dealkylation sites (tertiary alicyclic amines) is 1. The summed E-state index contributed by atoms with van der Waals surface area (Å²) in [6, 6.07) is 6.00. The number of rotatable bonds is 6. The molecule has 2 aliphatic rings. The molecule has 1 aliphatic carbocycles. The molecule has 1 heterocycles. The van der Waals surface area contributed by atoms with Crippen molar-refractivity contribution in [2.45, 2.75) is 64.2 Å². The zero-order chi connectivity index (χ0) is 19.1. The van der Waals surface area contributed by atoms with E-state index in [1.165, 1.54) is 12.8 Å². The molecule has 0 aromatic heterocycles. The molecule has 1 aromatic carbocycles. The summed E-state index contributed by atoms with van der Waals surface area (Å²) in [5, 5.41) is 13.1. The van der Waals surface area contributed by atoms with E-state index in [2.05, 4.69) is 23.2 Å². The van der Waals surface area contributed by atoms with Crippen LogP contribution >= 0.6 is 0 Å². The van der Waals surface area contributed by atoms with E-state index < -0.39 is 0 Å². The molecule has 6 nitrogen and oxygen atoms in total. The van der Waals surface area contributed by atoms with Crippen LogP contribution in [0.1, 0.15) is 51.0 Å². The quantitative estimate of drug-likeness (QED) is 0.591. The van der Waals surface area contributed by atoms with Gasteiger partial charge in [0.1, 0.15) is 11.5 Å². The van der Waals surface area contributed by atoms with E-state index in [4.69, 9.17) is 14.5 Å². The van der Waals surface area contributed by atoms with Crippen LogP contribution < -0.4 is 14.8 Å². The minimum absolute atomic E-state index is 0.183. The van der Waals surface area contributed by atoms with Gasteiger partial charge in [0.15, 0.2) is 5.96 Å². The number of aliphatic imine (C=N–C) groups is 1. The molecule has 0 unspecified atom stereocenters. The molecule has 2 N–H and O–H groups in total. The highest BCUT2D eigenvalue weighted by atomic mass is 16.5. The van der Waals surface area contributed by atoms with Gasteiger partial charge in [-0.25, -0.2) is 4.99 Å². The van der Waals surface area contributed by atoms with Gasteiger partial charge in [-0.05, 0) is 57.6 Å². The number of aliphatic hydroxyl groups excluding tert-OH is 1. The van der Waals surface area contributed by atoms with Gasteiger partial charge in [-0.15, -0.1) is 0 Å². The molecule has 1 aromatic rings. The van der Waals surface area contributed by atoms with Gasteiger partial charge in [0, 0.05) is 31.3 Å². The summed E-state index contributed by atoms with van der Waals surface area (Å²) in [6.07, 6.45) is 6.44. The lowest BCUT2D eigenvalue weighted by Gasteiger charge is -2.32. The van der Waals surface area contributed by atoms with Crippen molar-refractivity contribution in [3.05, 3.63) is 23.8 Å². The fourth-order valence-electron chi connectivity index (χ4n) is 3.75. The number of hydrogen-bond donors (Lipinski definition) is 2. The van der Waals surface area contributed by atoms with Crippen LogP contribution in [-0.2, 0) is 6.54 Å². The third-order valence-corrected chi connectivity index (χ3v) is 5.37. The third kappa shape index (κ3) is 5.51. The molecule has 1 aliphatic heterocycles. The van der Waals surface area contributed by atoms with Crippen molar-refractivity contribution < 1.29 is 14.6 Å². The molecule has 1 saturated heterocycles. The fourth-order valence-corrected chi connectivity index (χ4v) is 3.75. The van der Waals surface area contributed by atoms with Crippen LogP contribution in [-0.4, -0.2) is 54.9 Å². The van der Waals surface area contributed by atoms with Gasteiger partial charge in [-0.1, -0.05) is 0 Å². The maximum Gasteiger partial charge on any atom is 0.194 e. The minimum Gasteiger partial charge on any atom is -0.497 e. The van der Waals surface area contributed by atoms with Gasteiger partial charge < -0.3 is 24.8 Å². The first-order valence-electron chi connectivity index (χ1n) is 10.2. The molecule has 0 spiro atoms. The maximum atomic E-state index is 9.75. The fraction of sp³-hybridized carbons (Fsp3) is 0.667. The Kier molecular flexibility index (Phi) is 7.21. The van der Waals surface area contributed by atoms with Crippen LogP contribution in [0.25, 0.3) is 0 Å². The summed E-state index contributed by atoms with van der Waals surface area (Å²) in [5.41, 5.74) is 1.08. The van der Waals surface area contributed by atoms with Gasteiger partial charge >= 0.3 is 0 Å². The second-order valence-electron chi connectivity index (χ2n) is 7.39. The van der Waals surface area contributed by atoms with E-state index in [9.17, 15) is 5.11 Å². The molecule has 0 radical (unpaired) electrons. The number of benzene rings is 1. The lowest BCUT2D eigenvalue weighted by atomic mass is 10.1. The minimum atomic E-state index is -0.183. The number of hydrogen-bond acceptors (Lipinski definition) is 4. The van der Waals surface area contributed by atoms with Gasteiger partial charge in [-0.2, -0.15) is 0 Å². The summed E-state index contributed by atoms with van der Waals surface area (Å²) < 4.78 is 11.7. The molecule has 3 rings (SSSR count). The Balaban J connectivity index is 1.74. The SMILES string of the molecule is CCNC(=NCc1ccc(OC)cc1OC1CCCC1)N1CCC(O)CC1. The normalized spacial score (nSPS) is 19.4. The van der Waals surface area contributed by atoms with Crippen molar-refractivity contribution in [3.63, 3.8) is 0 Å². The second kappa shape index (κ2) is 9.83. The molecule has 6 heteroatoms. The Bertz CT molecular complexity index is 621. The largest absolute Gasteiger partial charge is 0.497 e. The number of methoxy groups -OCH3 is 1.